The van der Waals surface area contributed by atoms with E-state index in [0.717, 1.165) is 31.5 Å². The van der Waals surface area contributed by atoms with Crippen LogP contribution in [0.3, 0.4) is 0 Å². The average Bonchev–Trinajstić information content (AvgIpc) is 3.16. The van der Waals surface area contributed by atoms with E-state index in [1.807, 2.05) is 0 Å². The van der Waals surface area contributed by atoms with Crippen LogP contribution in [0.15, 0.2) is 42.5 Å². The van der Waals surface area contributed by atoms with Gasteiger partial charge in [0.25, 0.3) is 0 Å². The number of carbonyl (C=O) groups excluding carboxylic acids is 2. The van der Waals surface area contributed by atoms with Gasteiger partial charge in [0.05, 0.1) is 10.6 Å². The summed E-state index contributed by atoms with van der Waals surface area (Å²) in [5.74, 6) is -0.431. The van der Waals surface area contributed by atoms with Crippen LogP contribution in [0.1, 0.15) is 35.7 Å². The molecule has 3 amide bonds. The number of halogens is 1. The van der Waals surface area contributed by atoms with E-state index >= 15 is 0 Å². The summed E-state index contributed by atoms with van der Waals surface area (Å²) in [6.45, 7) is 5.12. The minimum absolute atomic E-state index is 0.187. The molecule has 1 fully saturated rings. The number of likely N-dealkylation sites (N-methyl/N-ethyl adjacent to an activating group) is 1. The van der Waals surface area contributed by atoms with Gasteiger partial charge < -0.3 is 21.1 Å². The van der Waals surface area contributed by atoms with Gasteiger partial charge in [-0.15, -0.1) is 0 Å². The Labute approximate surface area is 181 Å². The number of urea groups is 1. The van der Waals surface area contributed by atoms with E-state index in [1.165, 1.54) is 12.1 Å². The summed E-state index contributed by atoms with van der Waals surface area (Å²) >= 11 is 6.11. The Hall–Kier alpha value is -2.77. The Balaban J connectivity index is 1.77. The van der Waals surface area contributed by atoms with E-state index in [1.54, 1.807) is 35.2 Å². The number of nitrogens with one attached hydrogen (secondary N) is 1. The lowest BCUT2D eigenvalue weighted by molar-refractivity contribution is 0.100. The molecule has 1 atom stereocenters. The molecule has 1 heterocycles. The number of benzene rings is 2. The number of likely N-dealkylation sites (tertiary alicyclic amines) is 1. The second-order valence-corrected chi connectivity index (χ2v) is 7.87. The molecule has 0 radical (unpaired) electrons. The van der Waals surface area contributed by atoms with Crippen LogP contribution in [0.5, 0.6) is 5.75 Å². The third-order valence-corrected chi connectivity index (χ3v) is 5.73. The molecule has 1 aliphatic heterocycles. The van der Waals surface area contributed by atoms with Crippen molar-refractivity contribution < 1.29 is 14.7 Å². The molecule has 8 heteroatoms. The quantitative estimate of drug-likeness (QED) is 0.624. The third-order valence-electron chi connectivity index (χ3n) is 5.42. The molecule has 160 valence electrons. The number of nitrogens with zero attached hydrogens (tertiary/aromatic N) is 2. The monoisotopic (exact) mass is 430 g/mol. The van der Waals surface area contributed by atoms with Gasteiger partial charge in [0, 0.05) is 24.8 Å². The fourth-order valence-corrected chi connectivity index (χ4v) is 4.08. The maximum Gasteiger partial charge on any atom is 0.322 e. The number of anilines is 1. The summed E-state index contributed by atoms with van der Waals surface area (Å²) in [5.41, 5.74) is 6.91. The van der Waals surface area contributed by atoms with Crippen molar-refractivity contribution in [3.63, 3.8) is 0 Å². The number of amides is 3. The molecule has 0 aromatic heterocycles. The smallest absolute Gasteiger partial charge is 0.322 e. The van der Waals surface area contributed by atoms with Crippen LogP contribution in [-0.2, 0) is 6.54 Å². The van der Waals surface area contributed by atoms with Crippen LogP contribution in [0.2, 0.25) is 5.02 Å². The van der Waals surface area contributed by atoms with Gasteiger partial charge in [0.15, 0.2) is 0 Å². The lowest BCUT2D eigenvalue weighted by atomic mass is 10.1. The number of primary amides is 1. The average molecular weight is 431 g/mol. The van der Waals surface area contributed by atoms with Gasteiger partial charge in [-0.3, -0.25) is 9.69 Å². The van der Waals surface area contributed by atoms with Crippen LogP contribution >= 0.6 is 11.6 Å². The molecule has 7 nitrogen and oxygen atoms in total. The molecule has 0 spiro atoms. The number of carbonyl (C=O) groups is 2. The number of aromatic hydroxyl groups is 1. The molecule has 0 aliphatic carbocycles. The van der Waals surface area contributed by atoms with E-state index in [9.17, 15) is 14.7 Å². The Morgan fingerprint density at radius 1 is 1.27 bits per heavy atom. The summed E-state index contributed by atoms with van der Waals surface area (Å²) in [7, 11) is 0. The molecule has 4 N–H and O–H groups in total. The van der Waals surface area contributed by atoms with Crippen molar-refractivity contribution in [3.05, 3.63) is 58.6 Å². The fourth-order valence-electron chi connectivity index (χ4n) is 3.81. The van der Waals surface area contributed by atoms with Gasteiger partial charge in [0.2, 0.25) is 5.91 Å². The number of hydrogen-bond donors (Lipinski definition) is 3. The van der Waals surface area contributed by atoms with Gasteiger partial charge >= 0.3 is 6.03 Å². The summed E-state index contributed by atoms with van der Waals surface area (Å²) in [4.78, 5) is 28.6. The Morgan fingerprint density at radius 2 is 2.00 bits per heavy atom. The zero-order valence-corrected chi connectivity index (χ0v) is 17.7. The van der Waals surface area contributed by atoms with Crippen LogP contribution in [0, 0.1) is 0 Å². The van der Waals surface area contributed by atoms with Gasteiger partial charge in [0.1, 0.15) is 5.75 Å². The summed E-state index contributed by atoms with van der Waals surface area (Å²) in [6, 6.07) is 11.5. The van der Waals surface area contributed by atoms with Crippen LogP contribution in [0.4, 0.5) is 10.5 Å². The maximum absolute atomic E-state index is 13.1. The highest BCUT2D eigenvalue weighted by molar-refractivity contribution is 6.34. The molecule has 2 aromatic carbocycles. The minimum atomic E-state index is -0.618. The second-order valence-electron chi connectivity index (χ2n) is 7.46. The Kier molecular flexibility index (Phi) is 7.18. The van der Waals surface area contributed by atoms with Crippen molar-refractivity contribution in [2.24, 2.45) is 5.73 Å². The standard InChI is InChI=1S/C22H27ClN4O3/c1-2-26-11-3-4-17(26)14-27(13-15-5-8-18(28)9-6-15)22(30)25-16-7-10-19(21(24)29)20(23)12-16/h5-10,12,17,28H,2-4,11,13-14H2,1H3,(H2,24,29)(H,25,30)/t17-/m1/s1. The van der Waals surface area contributed by atoms with Crippen LogP contribution < -0.4 is 11.1 Å². The van der Waals surface area contributed by atoms with E-state index in [4.69, 9.17) is 17.3 Å². The van der Waals surface area contributed by atoms with E-state index in [-0.39, 0.29) is 22.4 Å². The highest BCUT2D eigenvalue weighted by Gasteiger charge is 2.27. The Morgan fingerprint density at radius 3 is 2.63 bits per heavy atom. The molecule has 0 bridgehead atoms. The number of phenols is 1. The molecule has 0 saturated carbocycles. The molecular formula is C22H27ClN4O3. The summed E-state index contributed by atoms with van der Waals surface area (Å²) in [5, 5.41) is 12.6. The van der Waals surface area contributed by atoms with E-state index < -0.39 is 5.91 Å². The van der Waals surface area contributed by atoms with Crippen molar-refractivity contribution in [2.45, 2.75) is 32.4 Å². The predicted molar refractivity (Wildman–Crippen MR) is 118 cm³/mol. The zero-order chi connectivity index (χ0) is 21.7. The van der Waals surface area contributed by atoms with Crippen molar-refractivity contribution in [1.82, 2.24) is 9.80 Å². The zero-order valence-electron chi connectivity index (χ0n) is 17.0. The first kappa shape index (κ1) is 21.9. The van der Waals surface area contributed by atoms with Gasteiger partial charge in [-0.25, -0.2) is 4.79 Å². The number of phenolic OH excluding ortho intramolecular Hbond substituents is 1. The largest absolute Gasteiger partial charge is 0.508 e. The van der Waals surface area contributed by atoms with Crippen molar-refractivity contribution in [1.29, 1.82) is 0 Å². The lowest BCUT2D eigenvalue weighted by Crippen LogP contribution is -2.44. The summed E-state index contributed by atoms with van der Waals surface area (Å²) < 4.78 is 0. The topological polar surface area (TPSA) is 98.9 Å². The molecule has 1 aliphatic rings. The first-order chi connectivity index (χ1) is 14.4. The number of rotatable bonds is 7. The van der Waals surface area contributed by atoms with Gasteiger partial charge in [-0.2, -0.15) is 0 Å². The normalized spacial score (nSPS) is 16.4. The Bertz CT molecular complexity index is 904. The van der Waals surface area contributed by atoms with Crippen LogP contribution in [0.25, 0.3) is 0 Å². The summed E-state index contributed by atoms with van der Waals surface area (Å²) in [6.07, 6.45) is 2.17. The predicted octanol–water partition coefficient (Wildman–Crippen LogP) is 3.66. The fraction of sp³-hybridized carbons (Fsp3) is 0.364. The third kappa shape index (κ3) is 5.43. The van der Waals surface area contributed by atoms with Crippen molar-refractivity contribution in [3.8, 4) is 5.75 Å². The first-order valence-electron chi connectivity index (χ1n) is 10.0. The van der Waals surface area contributed by atoms with Gasteiger partial charge in [-0.1, -0.05) is 30.7 Å². The minimum Gasteiger partial charge on any atom is -0.508 e. The highest BCUT2D eigenvalue weighted by atomic mass is 35.5. The molecule has 2 aromatic rings. The molecule has 3 rings (SSSR count). The molecular weight excluding hydrogens is 404 g/mol. The van der Waals surface area contributed by atoms with E-state index in [0.29, 0.717) is 24.8 Å². The first-order valence-corrected chi connectivity index (χ1v) is 10.4. The van der Waals surface area contributed by atoms with E-state index in [2.05, 4.69) is 17.1 Å². The highest BCUT2D eigenvalue weighted by Crippen LogP contribution is 2.23. The number of nitrogens with two attached hydrogens (primary N) is 1. The second kappa shape index (κ2) is 9.82. The van der Waals surface area contributed by atoms with Gasteiger partial charge in [-0.05, 0) is 61.8 Å². The van der Waals surface area contributed by atoms with Crippen LogP contribution in [-0.4, -0.2) is 52.5 Å². The van der Waals surface area contributed by atoms with Crippen molar-refractivity contribution >= 4 is 29.2 Å². The lowest BCUT2D eigenvalue weighted by Gasteiger charge is -2.30. The molecule has 1 saturated heterocycles. The number of hydrogen-bond acceptors (Lipinski definition) is 4. The molecule has 30 heavy (non-hydrogen) atoms. The van der Waals surface area contributed by atoms with Crippen molar-refractivity contribution in [2.75, 3.05) is 25.0 Å². The maximum atomic E-state index is 13.1. The SMILES string of the molecule is CCN1CCC[C@@H]1CN(Cc1ccc(O)cc1)C(=O)Nc1ccc(C(N)=O)c(Cl)c1. The molecule has 0 unspecified atom stereocenters.